The van der Waals surface area contributed by atoms with E-state index in [4.69, 9.17) is 16.3 Å². The van der Waals surface area contributed by atoms with Gasteiger partial charge in [-0.2, -0.15) is 0 Å². The van der Waals surface area contributed by atoms with E-state index in [1.54, 1.807) is 43.3 Å². The molecule has 0 aliphatic heterocycles. The summed E-state index contributed by atoms with van der Waals surface area (Å²) in [6.45, 7) is 3.93. The number of anilines is 1. The van der Waals surface area contributed by atoms with Crippen molar-refractivity contribution in [1.82, 2.24) is 5.32 Å². The molecule has 2 aromatic rings. The van der Waals surface area contributed by atoms with E-state index in [0.717, 1.165) is 11.1 Å². The lowest BCUT2D eigenvalue weighted by molar-refractivity contribution is -0.127. The number of hydrogen-bond donors (Lipinski definition) is 2. The minimum atomic E-state index is -0.686. The van der Waals surface area contributed by atoms with Gasteiger partial charge in [-0.05, 0) is 49.2 Å². The molecular formula is C19H21ClN2O4. The van der Waals surface area contributed by atoms with Crippen molar-refractivity contribution in [1.29, 1.82) is 0 Å². The standard InChI is InChI=1S/C19H21ClN2O4/c1-12-4-9-16(20)17(10-12)26-13(2)18(23)21-11-14-5-7-15(8-6-14)22-19(24)25-3/h4-10,13H,11H2,1-3H3,(H,21,23)(H,22,24). The maximum atomic E-state index is 12.2. The zero-order valence-electron chi connectivity index (χ0n) is 14.8. The summed E-state index contributed by atoms with van der Waals surface area (Å²) in [5, 5.41) is 5.83. The van der Waals surface area contributed by atoms with Crippen molar-refractivity contribution in [3.8, 4) is 5.75 Å². The van der Waals surface area contributed by atoms with E-state index in [-0.39, 0.29) is 5.91 Å². The van der Waals surface area contributed by atoms with Crippen LogP contribution in [0.2, 0.25) is 5.02 Å². The van der Waals surface area contributed by atoms with Crippen LogP contribution in [-0.4, -0.2) is 25.2 Å². The van der Waals surface area contributed by atoms with Gasteiger partial charge < -0.3 is 14.8 Å². The number of benzene rings is 2. The van der Waals surface area contributed by atoms with Crippen molar-refractivity contribution in [3.63, 3.8) is 0 Å². The molecule has 2 N–H and O–H groups in total. The molecule has 0 saturated carbocycles. The van der Waals surface area contributed by atoms with E-state index in [1.165, 1.54) is 7.11 Å². The van der Waals surface area contributed by atoms with E-state index in [2.05, 4.69) is 15.4 Å². The van der Waals surface area contributed by atoms with Gasteiger partial charge in [-0.15, -0.1) is 0 Å². The van der Waals surface area contributed by atoms with Crippen LogP contribution < -0.4 is 15.4 Å². The Labute approximate surface area is 157 Å². The second-order valence-electron chi connectivity index (χ2n) is 5.73. The quantitative estimate of drug-likeness (QED) is 0.801. The lowest BCUT2D eigenvalue weighted by atomic mass is 10.2. The molecule has 2 aromatic carbocycles. The highest BCUT2D eigenvalue weighted by Gasteiger charge is 2.16. The van der Waals surface area contributed by atoms with Crippen LogP contribution in [-0.2, 0) is 16.1 Å². The third-order valence-electron chi connectivity index (χ3n) is 3.61. The first-order valence-electron chi connectivity index (χ1n) is 8.03. The molecule has 26 heavy (non-hydrogen) atoms. The Morgan fingerprint density at radius 3 is 2.50 bits per heavy atom. The molecule has 2 amide bonds. The maximum absolute atomic E-state index is 12.2. The second kappa shape index (κ2) is 9.10. The highest BCUT2D eigenvalue weighted by atomic mass is 35.5. The maximum Gasteiger partial charge on any atom is 0.411 e. The van der Waals surface area contributed by atoms with Crippen LogP contribution in [0.4, 0.5) is 10.5 Å². The summed E-state index contributed by atoms with van der Waals surface area (Å²) in [7, 11) is 1.30. The van der Waals surface area contributed by atoms with E-state index in [9.17, 15) is 9.59 Å². The third kappa shape index (κ3) is 5.67. The minimum absolute atomic E-state index is 0.251. The number of nitrogens with one attached hydrogen (secondary N) is 2. The normalized spacial score (nSPS) is 11.4. The van der Waals surface area contributed by atoms with Gasteiger partial charge in [0.2, 0.25) is 0 Å². The Morgan fingerprint density at radius 1 is 1.15 bits per heavy atom. The average molecular weight is 377 g/mol. The van der Waals surface area contributed by atoms with Gasteiger partial charge in [0, 0.05) is 12.2 Å². The van der Waals surface area contributed by atoms with Crippen molar-refractivity contribution < 1.29 is 19.1 Å². The molecule has 0 radical (unpaired) electrons. The molecule has 2 rings (SSSR count). The Bertz CT molecular complexity index is 778. The fourth-order valence-electron chi connectivity index (χ4n) is 2.15. The Morgan fingerprint density at radius 2 is 1.85 bits per heavy atom. The van der Waals surface area contributed by atoms with Crippen molar-refractivity contribution >= 4 is 29.3 Å². The van der Waals surface area contributed by atoms with Gasteiger partial charge >= 0.3 is 6.09 Å². The fraction of sp³-hybridized carbons (Fsp3) is 0.263. The van der Waals surface area contributed by atoms with E-state index in [0.29, 0.717) is 23.0 Å². The lowest BCUT2D eigenvalue weighted by Gasteiger charge is -2.16. The Balaban J connectivity index is 1.87. The van der Waals surface area contributed by atoms with Gasteiger partial charge in [-0.3, -0.25) is 10.1 Å². The number of carbonyl (C=O) groups excluding carboxylic acids is 2. The number of halogens is 1. The molecule has 0 bridgehead atoms. The lowest BCUT2D eigenvalue weighted by Crippen LogP contribution is -2.35. The smallest absolute Gasteiger partial charge is 0.411 e. The molecule has 0 aromatic heterocycles. The van der Waals surface area contributed by atoms with Crippen LogP contribution in [0, 0.1) is 6.92 Å². The number of amides is 2. The summed E-state index contributed by atoms with van der Waals surface area (Å²) < 4.78 is 10.2. The first kappa shape index (κ1) is 19.6. The molecule has 1 unspecified atom stereocenters. The first-order valence-corrected chi connectivity index (χ1v) is 8.41. The third-order valence-corrected chi connectivity index (χ3v) is 3.92. The van der Waals surface area contributed by atoms with Crippen LogP contribution in [0.25, 0.3) is 0 Å². The van der Waals surface area contributed by atoms with E-state index in [1.807, 2.05) is 13.0 Å². The molecule has 6 nitrogen and oxygen atoms in total. The monoisotopic (exact) mass is 376 g/mol. The molecule has 0 spiro atoms. The molecule has 0 aliphatic rings. The number of methoxy groups -OCH3 is 1. The van der Waals surface area contributed by atoms with Crippen molar-refractivity contribution in [3.05, 3.63) is 58.6 Å². The van der Waals surface area contributed by atoms with E-state index >= 15 is 0 Å². The minimum Gasteiger partial charge on any atom is -0.479 e. The highest BCUT2D eigenvalue weighted by molar-refractivity contribution is 6.32. The molecule has 0 heterocycles. The number of carbonyl (C=O) groups is 2. The predicted octanol–water partition coefficient (Wildman–Crippen LogP) is 3.91. The molecular weight excluding hydrogens is 356 g/mol. The topological polar surface area (TPSA) is 76.7 Å². The van der Waals surface area contributed by atoms with Crippen molar-refractivity contribution in [2.24, 2.45) is 0 Å². The SMILES string of the molecule is COC(=O)Nc1ccc(CNC(=O)C(C)Oc2cc(C)ccc2Cl)cc1. The molecule has 7 heteroatoms. The zero-order chi connectivity index (χ0) is 19.1. The zero-order valence-corrected chi connectivity index (χ0v) is 15.6. The predicted molar refractivity (Wildman–Crippen MR) is 101 cm³/mol. The second-order valence-corrected chi connectivity index (χ2v) is 6.13. The molecule has 0 aliphatic carbocycles. The van der Waals surface area contributed by atoms with Crippen LogP contribution in [0.3, 0.4) is 0 Å². The van der Waals surface area contributed by atoms with Gasteiger partial charge in [0.15, 0.2) is 6.10 Å². The highest BCUT2D eigenvalue weighted by Crippen LogP contribution is 2.26. The fourth-order valence-corrected chi connectivity index (χ4v) is 2.31. The summed E-state index contributed by atoms with van der Waals surface area (Å²) in [6.07, 6.45) is -1.22. The Kier molecular flexibility index (Phi) is 6.86. The Hall–Kier alpha value is -2.73. The van der Waals surface area contributed by atoms with E-state index < -0.39 is 12.2 Å². The van der Waals surface area contributed by atoms with Gasteiger partial charge in [0.05, 0.1) is 12.1 Å². The van der Waals surface area contributed by atoms with Gasteiger partial charge in [-0.1, -0.05) is 29.8 Å². The van der Waals surface area contributed by atoms with Gasteiger partial charge in [0.1, 0.15) is 5.75 Å². The average Bonchev–Trinajstić information content (AvgIpc) is 2.63. The summed E-state index contributed by atoms with van der Waals surface area (Å²) in [5.41, 5.74) is 2.49. The summed E-state index contributed by atoms with van der Waals surface area (Å²) in [5.74, 6) is 0.229. The van der Waals surface area contributed by atoms with Crippen molar-refractivity contribution in [2.75, 3.05) is 12.4 Å². The summed E-state index contributed by atoms with van der Waals surface area (Å²) in [6, 6.07) is 12.5. The number of hydrogen-bond acceptors (Lipinski definition) is 4. The van der Waals surface area contributed by atoms with Gasteiger partial charge in [-0.25, -0.2) is 4.79 Å². The summed E-state index contributed by atoms with van der Waals surface area (Å²) >= 11 is 6.08. The molecule has 138 valence electrons. The molecule has 0 saturated heterocycles. The van der Waals surface area contributed by atoms with Crippen LogP contribution >= 0.6 is 11.6 Å². The largest absolute Gasteiger partial charge is 0.479 e. The number of ether oxygens (including phenoxy) is 2. The molecule has 0 fully saturated rings. The summed E-state index contributed by atoms with van der Waals surface area (Å²) in [4.78, 5) is 23.4. The van der Waals surface area contributed by atoms with Crippen LogP contribution in [0.5, 0.6) is 5.75 Å². The number of rotatable bonds is 6. The van der Waals surface area contributed by atoms with Crippen LogP contribution in [0.15, 0.2) is 42.5 Å². The van der Waals surface area contributed by atoms with Gasteiger partial charge in [0.25, 0.3) is 5.91 Å². The molecule has 1 atom stereocenters. The van der Waals surface area contributed by atoms with Crippen LogP contribution in [0.1, 0.15) is 18.1 Å². The van der Waals surface area contributed by atoms with Crippen molar-refractivity contribution in [2.45, 2.75) is 26.5 Å². The number of aryl methyl sites for hydroxylation is 1. The first-order chi connectivity index (χ1) is 12.4.